The van der Waals surface area contributed by atoms with Crippen LogP contribution in [0, 0.1) is 0 Å². The molecule has 0 atom stereocenters. The van der Waals surface area contributed by atoms with Crippen molar-refractivity contribution in [2.75, 3.05) is 0 Å². The summed E-state index contributed by atoms with van der Waals surface area (Å²) in [5.74, 6) is -0.247. The minimum atomic E-state index is -0.557. The highest BCUT2D eigenvalue weighted by atomic mass is 35.5. The van der Waals surface area contributed by atoms with Gasteiger partial charge in [-0.3, -0.25) is 4.79 Å². The molecule has 1 N–H and O–H groups in total. The van der Waals surface area contributed by atoms with Gasteiger partial charge >= 0.3 is 0 Å². The third-order valence-corrected chi connectivity index (χ3v) is 3.57. The maximum Gasteiger partial charge on any atom is 0.251 e. The van der Waals surface area contributed by atoms with Gasteiger partial charge in [-0.1, -0.05) is 23.2 Å². The number of carbonyl (C=O) groups excluding carboxylic acids is 1. The van der Waals surface area contributed by atoms with Crippen molar-refractivity contribution in [3.05, 3.63) is 33.8 Å². The monoisotopic (exact) mass is 285 g/mol. The van der Waals surface area contributed by atoms with Crippen LogP contribution in [0.3, 0.4) is 0 Å². The first-order chi connectivity index (χ1) is 8.23. The van der Waals surface area contributed by atoms with Crippen LogP contribution in [-0.2, 0) is 0 Å². The van der Waals surface area contributed by atoms with Crippen LogP contribution in [0.15, 0.2) is 28.4 Å². The second-order valence-electron chi connectivity index (χ2n) is 4.96. The predicted molar refractivity (Wildman–Crippen MR) is 71.3 cm³/mol. The molecule has 6 heteroatoms. The van der Waals surface area contributed by atoms with Crippen molar-refractivity contribution >= 4 is 29.1 Å². The van der Waals surface area contributed by atoms with Crippen molar-refractivity contribution in [2.45, 2.75) is 32.0 Å². The molecule has 0 saturated carbocycles. The number of nitrogens with one attached hydrogen (secondary N) is 1. The molecule has 2 rings (SSSR count). The Balaban J connectivity index is 2.17. The van der Waals surface area contributed by atoms with E-state index < -0.39 is 11.2 Å². The second-order valence-corrected chi connectivity index (χ2v) is 5.83. The van der Waals surface area contributed by atoms with Crippen LogP contribution in [0.4, 0.5) is 0 Å². The maximum atomic E-state index is 12.1. The van der Waals surface area contributed by atoms with E-state index in [9.17, 15) is 4.79 Å². The molecule has 1 heterocycles. The largest absolute Gasteiger partial charge is 0.343 e. The molecular formula is C12H13Cl2N3O. The average molecular weight is 286 g/mol. The lowest BCUT2D eigenvalue weighted by atomic mass is 9.92. The zero-order chi connectivity index (χ0) is 13.6. The summed E-state index contributed by atoms with van der Waals surface area (Å²) in [5.41, 5.74) is -0.686. The van der Waals surface area contributed by atoms with E-state index in [1.54, 1.807) is 18.2 Å². The summed E-state index contributed by atoms with van der Waals surface area (Å²) in [4.78, 5) is 12.1. The van der Waals surface area contributed by atoms with E-state index in [0.717, 1.165) is 0 Å². The fourth-order valence-corrected chi connectivity index (χ4v) is 2.01. The highest BCUT2D eigenvalue weighted by Gasteiger charge is 2.50. The number of benzene rings is 1. The molecule has 1 aliphatic rings. The number of hydrogen-bond donors (Lipinski definition) is 1. The lowest BCUT2D eigenvalue weighted by Crippen LogP contribution is -2.53. The van der Waals surface area contributed by atoms with Crippen molar-refractivity contribution in [1.82, 2.24) is 5.32 Å². The zero-order valence-electron chi connectivity index (χ0n) is 10.3. The van der Waals surface area contributed by atoms with Crippen molar-refractivity contribution in [3.8, 4) is 0 Å². The molecule has 0 bridgehead atoms. The van der Waals surface area contributed by atoms with Gasteiger partial charge in [0.25, 0.3) is 5.91 Å². The standard InChI is InChI=1S/C12H13Cl2N3O/c1-11(2,12(3)16-17-12)15-10(18)7-4-8(13)6-9(14)5-7/h4-6H,1-3H3,(H,15,18). The van der Waals surface area contributed by atoms with E-state index in [0.29, 0.717) is 15.6 Å². The molecule has 1 aromatic carbocycles. The van der Waals surface area contributed by atoms with Gasteiger partial charge in [0.2, 0.25) is 5.66 Å². The molecule has 0 aromatic heterocycles. The Morgan fingerprint density at radius 1 is 1.22 bits per heavy atom. The zero-order valence-corrected chi connectivity index (χ0v) is 11.8. The molecular weight excluding hydrogens is 273 g/mol. The number of carbonyl (C=O) groups is 1. The summed E-state index contributed by atoms with van der Waals surface area (Å²) < 4.78 is 0. The third kappa shape index (κ3) is 2.49. The summed E-state index contributed by atoms with van der Waals surface area (Å²) in [5, 5.41) is 11.6. The van der Waals surface area contributed by atoms with Gasteiger partial charge in [0.15, 0.2) is 0 Å². The number of rotatable bonds is 3. The fourth-order valence-electron chi connectivity index (χ4n) is 1.48. The minimum absolute atomic E-state index is 0.247. The lowest BCUT2D eigenvalue weighted by Gasteiger charge is -2.29. The summed E-state index contributed by atoms with van der Waals surface area (Å²) in [7, 11) is 0. The van der Waals surface area contributed by atoms with E-state index in [-0.39, 0.29) is 5.91 Å². The van der Waals surface area contributed by atoms with Crippen molar-refractivity contribution < 1.29 is 4.79 Å². The summed E-state index contributed by atoms with van der Waals surface area (Å²) in [6, 6.07) is 4.72. The lowest BCUT2D eigenvalue weighted by molar-refractivity contribution is 0.0893. The molecule has 96 valence electrons. The number of halogens is 2. The van der Waals surface area contributed by atoms with Gasteiger partial charge in [0, 0.05) is 15.6 Å². The first-order valence-corrected chi connectivity index (χ1v) is 6.22. The third-order valence-electron chi connectivity index (χ3n) is 3.13. The predicted octanol–water partition coefficient (Wildman–Crippen LogP) is 3.68. The number of amides is 1. The second kappa shape index (κ2) is 4.21. The Bertz CT molecular complexity index is 514. The normalized spacial score (nSPS) is 16.5. The van der Waals surface area contributed by atoms with Gasteiger partial charge in [0.1, 0.15) is 0 Å². The maximum absolute atomic E-state index is 12.1. The SMILES string of the molecule is CC1(C(C)(C)NC(=O)c2cc(Cl)cc(Cl)c2)N=N1. The minimum Gasteiger partial charge on any atom is -0.343 e. The van der Waals surface area contributed by atoms with Gasteiger partial charge in [-0.05, 0) is 39.0 Å². The van der Waals surface area contributed by atoms with E-state index in [1.807, 2.05) is 20.8 Å². The van der Waals surface area contributed by atoms with Crippen LogP contribution in [0.25, 0.3) is 0 Å². The quantitative estimate of drug-likeness (QED) is 0.905. The molecule has 0 radical (unpaired) electrons. The average Bonchev–Trinajstić information content (AvgIpc) is 2.96. The summed E-state index contributed by atoms with van der Waals surface area (Å²) in [6.45, 7) is 5.60. The molecule has 0 spiro atoms. The molecule has 18 heavy (non-hydrogen) atoms. The number of hydrogen-bond acceptors (Lipinski definition) is 3. The van der Waals surface area contributed by atoms with Crippen molar-refractivity contribution in [1.29, 1.82) is 0 Å². The van der Waals surface area contributed by atoms with E-state index in [1.165, 1.54) is 0 Å². The Labute approximate surface area is 115 Å². The molecule has 1 amide bonds. The van der Waals surface area contributed by atoms with E-state index >= 15 is 0 Å². The smallest absolute Gasteiger partial charge is 0.251 e. The Hall–Kier alpha value is -1.13. The molecule has 4 nitrogen and oxygen atoms in total. The first kappa shape index (κ1) is 13.3. The highest BCUT2D eigenvalue weighted by Crippen LogP contribution is 2.38. The van der Waals surface area contributed by atoms with Gasteiger partial charge in [-0.15, -0.1) is 0 Å². The highest BCUT2D eigenvalue weighted by molar-refractivity contribution is 6.35. The van der Waals surface area contributed by atoms with Crippen LogP contribution in [0.2, 0.25) is 10.0 Å². The van der Waals surface area contributed by atoms with Gasteiger partial charge < -0.3 is 5.32 Å². The van der Waals surface area contributed by atoms with E-state index in [2.05, 4.69) is 15.5 Å². The molecule has 0 saturated heterocycles. The Morgan fingerprint density at radius 3 is 2.17 bits per heavy atom. The van der Waals surface area contributed by atoms with Crippen molar-refractivity contribution in [3.63, 3.8) is 0 Å². The van der Waals surface area contributed by atoms with Crippen LogP contribution < -0.4 is 5.32 Å². The van der Waals surface area contributed by atoms with Gasteiger partial charge in [-0.2, -0.15) is 10.2 Å². The number of nitrogens with zero attached hydrogens (tertiary/aromatic N) is 2. The molecule has 0 fully saturated rings. The van der Waals surface area contributed by atoms with Crippen LogP contribution in [0.1, 0.15) is 31.1 Å². The molecule has 1 aliphatic heterocycles. The van der Waals surface area contributed by atoms with Crippen molar-refractivity contribution in [2.24, 2.45) is 10.2 Å². The van der Waals surface area contributed by atoms with Crippen LogP contribution in [-0.4, -0.2) is 17.1 Å². The van der Waals surface area contributed by atoms with Gasteiger partial charge in [-0.25, -0.2) is 0 Å². The van der Waals surface area contributed by atoms with Crippen LogP contribution in [0.5, 0.6) is 0 Å². The fraction of sp³-hybridized carbons (Fsp3) is 0.417. The first-order valence-electron chi connectivity index (χ1n) is 5.46. The summed E-state index contributed by atoms with van der Waals surface area (Å²) >= 11 is 11.7. The van der Waals surface area contributed by atoms with E-state index in [4.69, 9.17) is 23.2 Å². The molecule has 0 aliphatic carbocycles. The van der Waals surface area contributed by atoms with Crippen LogP contribution >= 0.6 is 23.2 Å². The Kier molecular flexibility index (Phi) is 3.11. The Morgan fingerprint density at radius 2 is 1.72 bits per heavy atom. The van der Waals surface area contributed by atoms with Gasteiger partial charge in [0.05, 0.1) is 5.54 Å². The molecule has 0 unspecified atom stereocenters. The molecule has 1 aromatic rings. The summed E-state index contributed by atoms with van der Waals surface area (Å²) in [6.07, 6.45) is 0. The topological polar surface area (TPSA) is 53.8 Å².